The number of allylic oxidation sites excluding steroid dienone is 2. The Kier molecular flexibility index (Phi) is 3.25. The second-order valence-electron chi connectivity index (χ2n) is 6.42. The molecule has 1 saturated carbocycles. The molecule has 0 spiro atoms. The average Bonchev–Trinajstić information content (AvgIpc) is 2.98. The minimum atomic E-state index is -0.620. The molecule has 2 bridgehead atoms. The highest BCUT2D eigenvalue weighted by Crippen LogP contribution is 2.45. The predicted molar refractivity (Wildman–Crippen MR) is 74.2 cm³/mol. The van der Waals surface area contributed by atoms with Gasteiger partial charge in [-0.1, -0.05) is 17.7 Å². The Morgan fingerprint density at radius 3 is 2.74 bits per heavy atom. The van der Waals surface area contributed by atoms with Crippen molar-refractivity contribution in [3.05, 3.63) is 23.3 Å². The van der Waals surface area contributed by atoms with Crippen LogP contribution in [-0.4, -0.2) is 28.7 Å². The minimum Gasteiger partial charge on any atom is -0.373 e. The van der Waals surface area contributed by atoms with Gasteiger partial charge >= 0.3 is 0 Å². The number of hydrogen-bond donors (Lipinski definition) is 1. The van der Waals surface area contributed by atoms with E-state index in [0.717, 1.165) is 29.4 Å². The molecule has 0 aromatic carbocycles. The highest BCUT2D eigenvalue weighted by molar-refractivity contribution is 5.94. The van der Waals surface area contributed by atoms with Crippen LogP contribution >= 0.6 is 0 Å². The van der Waals surface area contributed by atoms with Crippen molar-refractivity contribution in [3.63, 3.8) is 0 Å². The molecule has 1 aliphatic heterocycles. The van der Waals surface area contributed by atoms with Crippen LogP contribution in [0, 0.1) is 17.8 Å². The Morgan fingerprint density at radius 2 is 2.11 bits per heavy atom. The van der Waals surface area contributed by atoms with Crippen molar-refractivity contribution in [1.29, 1.82) is 0 Å². The van der Waals surface area contributed by atoms with Crippen molar-refractivity contribution in [2.45, 2.75) is 45.8 Å². The molecule has 3 nitrogen and oxygen atoms in total. The number of carbonyl (C=O) groups excluding carboxylic acids is 1. The number of fused-ring (bicyclic) bond motifs is 2. The number of aliphatic hydroxyl groups excluding tert-OH is 1. The molecule has 1 N–H and O–H groups in total. The molecule has 3 rings (SSSR count). The van der Waals surface area contributed by atoms with Crippen molar-refractivity contribution in [1.82, 2.24) is 4.90 Å². The molecule has 4 atom stereocenters. The highest BCUT2D eigenvalue weighted by Gasteiger charge is 2.36. The predicted octanol–water partition coefficient (Wildman–Crippen LogP) is 2.48. The van der Waals surface area contributed by atoms with Crippen molar-refractivity contribution in [3.8, 4) is 0 Å². The molecule has 3 heteroatoms. The van der Waals surface area contributed by atoms with Crippen molar-refractivity contribution in [2.24, 2.45) is 17.8 Å². The smallest absolute Gasteiger partial charge is 0.251 e. The summed E-state index contributed by atoms with van der Waals surface area (Å²) in [5.74, 6) is 2.23. The summed E-state index contributed by atoms with van der Waals surface area (Å²) in [4.78, 5) is 13.9. The fourth-order valence-corrected chi connectivity index (χ4v) is 3.85. The second kappa shape index (κ2) is 4.78. The van der Waals surface area contributed by atoms with Crippen molar-refractivity contribution >= 4 is 5.91 Å². The second-order valence-corrected chi connectivity index (χ2v) is 6.42. The van der Waals surface area contributed by atoms with E-state index >= 15 is 0 Å². The first-order valence-corrected chi connectivity index (χ1v) is 7.40. The van der Waals surface area contributed by atoms with Crippen LogP contribution in [0.2, 0.25) is 0 Å². The molecule has 1 amide bonds. The normalized spacial score (nSPS) is 37.6. The topological polar surface area (TPSA) is 40.5 Å². The summed E-state index contributed by atoms with van der Waals surface area (Å²) in [6.45, 7) is 4.51. The largest absolute Gasteiger partial charge is 0.373 e. The third-order valence-corrected chi connectivity index (χ3v) is 5.23. The molecule has 0 aromatic heterocycles. The zero-order chi connectivity index (χ0) is 13.6. The fraction of sp³-hybridized carbons (Fsp3) is 0.688. The van der Waals surface area contributed by atoms with Crippen LogP contribution in [-0.2, 0) is 4.79 Å². The first-order valence-electron chi connectivity index (χ1n) is 7.40. The van der Waals surface area contributed by atoms with Gasteiger partial charge in [-0.05, 0) is 50.9 Å². The van der Waals surface area contributed by atoms with Crippen LogP contribution in [0.5, 0.6) is 0 Å². The van der Waals surface area contributed by atoms with E-state index in [1.165, 1.54) is 12.8 Å². The molecule has 1 fully saturated rings. The standard InChI is InChI=1S/C16H23NO2/c1-10-7-15(18)17(16(19)11(10)2)6-5-14-9-12-3-4-13(14)8-12/h3-4,12-15,18H,5-9H2,1-2H3. The Labute approximate surface area is 115 Å². The van der Waals surface area contributed by atoms with Gasteiger partial charge < -0.3 is 10.0 Å². The first kappa shape index (κ1) is 12.9. The Morgan fingerprint density at radius 1 is 1.32 bits per heavy atom. The Bertz CT molecular complexity index is 452. The molecule has 0 saturated heterocycles. The fourth-order valence-electron chi connectivity index (χ4n) is 3.85. The maximum atomic E-state index is 12.2. The summed E-state index contributed by atoms with van der Waals surface area (Å²) >= 11 is 0. The number of hydrogen-bond acceptors (Lipinski definition) is 2. The van der Waals surface area contributed by atoms with Gasteiger partial charge in [-0.2, -0.15) is 0 Å². The van der Waals surface area contributed by atoms with Crippen molar-refractivity contribution < 1.29 is 9.90 Å². The number of carbonyl (C=O) groups is 1. The number of amides is 1. The van der Waals surface area contributed by atoms with Gasteiger partial charge in [0.25, 0.3) is 5.91 Å². The Balaban J connectivity index is 1.61. The van der Waals surface area contributed by atoms with Gasteiger partial charge in [0.05, 0.1) is 0 Å². The molecule has 2 aliphatic carbocycles. The lowest BCUT2D eigenvalue weighted by molar-refractivity contribution is -0.139. The monoisotopic (exact) mass is 261 g/mol. The van der Waals surface area contributed by atoms with Crippen LogP contribution in [0.1, 0.15) is 39.5 Å². The van der Waals surface area contributed by atoms with Crippen LogP contribution in [0.25, 0.3) is 0 Å². The highest BCUT2D eigenvalue weighted by atomic mass is 16.3. The minimum absolute atomic E-state index is 0.0231. The average molecular weight is 261 g/mol. The van der Waals surface area contributed by atoms with Crippen LogP contribution < -0.4 is 0 Å². The number of rotatable bonds is 3. The summed E-state index contributed by atoms with van der Waals surface area (Å²) in [5, 5.41) is 10.1. The number of aliphatic hydroxyl groups is 1. The lowest BCUT2D eigenvalue weighted by Crippen LogP contribution is -2.45. The van der Waals surface area contributed by atoms with E-state index in [2.05, 4.69) is 12.2 Å². The van der Waals surface area contributed by atoms with E-state index in [9.17, 15) is 9.90 Å². The third-order valence-electron chi connectivity index (χ3n) is 5.23. The van der Waals surface area contributed by atoms with Gasteiger partial charge in [0.1, 0.15) is 6.23 Å². The van der Waals surface area contributed by atoms with Crippen molar-refractivity contribution in [2.75, 3.05) is 6.54 Å². The molecule has 1 heterocycles. The lowest BCUT2D eigenvalue weighted by Gasteiger charge is -2.34. The molecule has 0 aromatic rings. The maximum Gasteiger partial charge on any atom is 0.251 e. The van der Waals surface area contributed by atoms with E-state index in [1.54, 1.807) is 4.90 Å². The quantitative estimate of drug-likeness (QED) is 0.793. The lowest BCUT2D eigenvalue weighted by atomic mass is 9.90. The summed E-state index contributed by atoms with van der Waals surface area (Å²) < 4.78 is 0. The molecular weight excluding hydrogens is 238 g/mol. The van der Waals surface area contributed by atoms with Crippen LogP contribution in [0.15, 0.2) is 23.3 Å². The van der Waals surface area contributed by atoms with E-state index in [4.69, 9.17) is 0 Å². The molecule has 19 heavy (non-hydrogen) atoms. The van der Waals surface area contributed by atoms with Gasteiger partial charge in [0.2, 0.25) is 0 Å². The summed E-state index contributed by atoms with van der Waals surface area (Å²) in [5.41, 5.74) is 1.84. The summed E-state index contributed by atoms with van der Waals surface area (Å²) in [7, 11) is 0. The third kappa shape index (κ3) is 2.25. The van der Waals surface area contributed by atoms with Gasteiger partial charge in [-0.25, -0.2) is 0 Å². The van der Waals surface area contributed by atoms with Crippen LogP contribution in [0.4, 0.5) is 0 Å². The first-order chi connectivity index (χ1) is 9.06. The summed E-state index contributed by atoms with van der Waals surface area (Å²) in [6.07, 6.45) is 8.28. The zero-order valence-electron chi connectivity index (χ0n) is 11.8. The molecular formula is C16H23NO2. The summed E-state index contributed by atoms with van der Waals surface area (Å²) in [6, 6.07) is 0. The number of nitrogens with zero attached hydrogens (tertiary/aromatic N) is 1. The Hall–Kier alpha value is -1.09. The zero-order valence-corrected chi connectivity index (χ0v) is 11.8. The van der Waals surface area contributed by atoms with Gasteiger partial charge in [-0.15, -0.1) is 0 Å². The van der Waals surface area contributed by atoms with Crippen LogP contribution in [0.3, 0.4) is 0 Å². The van der Waals surface area contributed by atoms with E-state index in [-0.39, 0.29) is 5.91 Å². The molecule has 4 unspecified atom stereocenters. The van der Waals surface area contributed by atoms with Gasteiger partial charge in [0, 0.05) is 18.5 Å². The van der Waals surface area contributed by atoms with Gasteiger partial charge in [-0.3, -0.25) is 4.79 Å². The molecule has 0 radical (unpaired) electrons. The van der Waals surface area contributed by atoms with Gasteiger partial charge in [0.15, 0.2) is 0 Å². The molecule has 104 valence electrons. The molecule has 3 aliphatic rings. The SMILES string of the molecule is CC1=C(C)C(=O)N(CCC2CC3C=CC2C3)C(O)C1. The maximum absolute atomic E-state index is 12.2. The van der Waals surface area contributed by atoms with E-state index < -0.39 is 6.23 Å². The van der Waals surface area contributed by atoms with E-state index in [0.29, 0.717) is 18.9 Å². The van der Waals surface area contributed by atoms with E-state index in [1.807, 2.05) is 13.8 Å².